The summed E-state index contributed by atoms with van der Waals surface area (Å²) in [6.07, 6.45) is 0. The highest BCUT2D eigenvalue weighted by molar-refractivity contribution is 5.88. The third kappa shape index (κ3) is 2.81. The number of hydrogen-bond donors (Lipinski definition) is 2. The van der Waals surface area contributed by atoms with Crippen LogP contribution in [0.4, 0.5) is 11.4 Å². The number of nitrogen functional groups attached to an aromatic ring is 1. The molecule has 112 valence electrons. The molecule has 3 N–H and O–H groups in total. The van der Waals surface area contributed by atoms with E-state index in [0.29, 0.717) is 24.6 Å². The first kappa shape index (κ1) is 14.2. The molecule has 2 aromatic carbocycles. The fraction of sp³-hybridized carbons (Fsp3) is 0.167. The molecule has 0 radical (unpaired) electrons. The second-order valence-corrected chi connectivity index (χ2v) is 5.63. The molecule has 1 aliphatic rings. The van der Waals surface area contributed by atoms with Crippen LogP contribution in [-0.2, 0) is 4.79 Å². The highest BCUT2D eigenvalue weighted by atomic mass is 16.1. The molecule has 4 nitrogen and oxygen atoms in total. The Morgan fingerprint density at radius 2 is 1.77 bits per heavy atom. The summed E-state index contributed by atoms with van der Waals surface area (Å²) in [5.41, 5.74) is 11.0. The first-order chi connectivity index (χ1) is 10.5. The van der Waals surface area contributed by atoms with Crippen molar-refractivity contribution in [1.82, 2.24) is 4.90 Å². The Morgan fingerprint density at radius 1 is 1.14 bits per heavy atom. The van der Waals surface area contributed by atoms with E-state index in [0.717, 1.165) is 16.8 Å². The van der Waals surface area contributed by atoms with Gasteiger partial charge in [-0.2, -0.15) is 0 Å². The number of nitrogens with zero attached hydrogens (tertiary/aromatic N) is 1. The molecule has 4 heteroatoms. The number of benzene rings is 2. The summed E-state index contributed by atoms with van der Waals surface area (Å²) in [6.45, 7) is 6.88. The summed E-state index contributed by atoms with van der Waals surface area (Å²) < 4.78 is 0. The Labute approximate surface area is 130 Å². The molecule has 0 amide bonds. The Balaban J connectivity index is 1.82. The van der Waals surface area contributed by atoms with E-state index >= 15 is 0 Å². The smallest absolute Gasteiger partial charge is 0.171 e. The van der Waals surface area contributed by atoms with Crippen LogP contribution in [0, 0.1) is 6.92 Å². The van der Waals surface area contributed by atoms with Crippen LogP contribution in [0.15, 0.2) is 54.9 Å². The summed E-state index contributed by atoms with van der Waals surface area (Å²) in [5.74, 6) is 0.927. The van der Waals surface area contributed by atoms with Crippen LogP contribution < -0.4 is 11.1 Å². The van der Waals surface area contributed by atoms with Crippen LogP contribution in [0.2, 0.25) is 0 Å². The molecule has 0 aliphatic carbocycles. The second kappa shape index (κ2) is 5.56. The number of anilines is 2. The molecule has 22 heavy (non-hydrogen) atoms. The zero-order chi connectivity index (χ0) is 15.7. The van der Waals surface area contributed by atoms with Crippen LogP contribution in [0.5, 0.6) is 0 Å². The average molecular weight is 293 g/mol. The molecule has 0 bridgehead atoms. The minimum atomic E-state index is 0.226. The van der Waals surface area contributed by atoms with Gasteiger partial charge in [-0.3, -0.25) is 4.79 Å². The number of aryl methyl sites for hydroxylation is 1. The van der Waals surface area contributed by atoms with Gasteiger partial charge >= 0.3 is 0 Å². The molecule has 0 aromatic heterocycles. The molecular weight excluding hydrogens is 274 g/mol. The van der Waals surface area contributed by atoms with Crippen LogP contribution in [-0.4, -0.2) is 23.8 Å². The van der Waals surface area contributed by atoms with Gasteiger partial charge in [-0.1, -0.05) is 42.5 Å². The molecule has 3 rings (SSSR count). The number of carbonyl (C=O) groups is 1. The van der Waals surface area contributed by atoms with Gasteiger partial charge in [0.05, 0.1) is 30.3 Å². The monoisotopic (exact) mass is 293 g/mol. The first-order valence-corrected chi connectivity index (χ1v) is 7.22. The van der Waals surface area contributed by atoms with Crippen molar-refractivity contribution in [2.45, 2.75) is 6.92 Å². The van der Waals surface area contributed by atoms with Crippen molar-refractivity contribution >= 4 is 17.2 Å². The SMILES string of the molecule is C=C(Nc1cc(-c2ccc(C)cc2)ccc1N)N1CC(=O)C1. The summed E-state index contributed by atoms with van der Waals surface area (Å²) in [4.78, 5) is 13.0. The quantitative estimate of drug-likeness (QED) is 0.851. The number of ketones is 1. The van der Waals surface area contributed by atoms with E-state index < -0.39 is 0 Å². The van der Waals surface area contributed by atoms with Crippen LogP contribution >= 0.6 is 0 Å². The summed E-state index contributed by atoms with van der Waals surface area (Å²) >= 11 is 0. The summed E-state index contributed by atoms with van der Waals surface area (Å²) in [5, 5.41) is 3.21. The maximum Gasteiger partial charge on any atom is 0.171 e. The zero-order valence-corrected chi connectivity index (χ0v) is 12.6. The van der Waals surface area contributed by atoms with E-state index in [2.05, 4.69) is 43.1 Å². The highest BCUT2D eigenvalue weighted by Gasteiger charge is 2.24. The molecule has 0 unspecified atom stereocenters. The Bertz CT molecular complexity index is 726. The highest BCUT2D eigenvalue weighted by Crippen LogP contribution is 2.29. The molecule has 1 heterocycles. The van der Waals surface area contributed by atoms with Crippen molar-refractivity contribution in [2.24, 2.45) is 0 Å². The third-order valence-electron chi connectivity index (χ3n) is 3.83. The van der Waals surface area contributed by atoms with E-state index in [1.165, 1.54) is 5.56 Å². The maximum absolute atomic E-state index is 11.1. The topological polar surface area (TPSA) is 58.4 Å². The zero-order valence-electron chi connectivity index (χ0n) is 12.6. The van der Waals surface area contributed by atoms with Crippen molar-refractivity contribution in [3.8, 4) is 11.1 Å². The van der Waals surface area contributed by atoms with Gasteiger partial charge in [-0.15, -0.1) is 0 Å². The lowest BCUT2D eigenvalue weighted by Crippen LogP contribution is -2.47. The molecule has 1 fully saturated rings. The molecular formula is C18H19N3O. The number of likely N-dealkylation sites (tertiary alicyclic amines) is 1. The number of nitrogens with two attached hydrogens (primary N) is 1. The number of rotatable bonds is 4. The lowest BCUT2D eigenvalue weighted by Gasteiger charge is -2.33. The van der Waals surface area contributed by atoms with Gasteiger partial charge in [0.25, 0.3) is 0 Å². The lowest BCUT2D eigenvalue weighted by atomic mass is 10.0. The molecule has 1 saturated heterocycles. The van der Waals surface area contributed by atoms with Crippen molar-refractivity contribution < 1.29 is 4.79 Å². The van der Waals surface area contributed by atoms with Crippen molar-refractivity contribution in [3.05, 3.63) is 60.4 Å². The lowest BCUT2D eigenvalue weighted by molar-refractivity contribution is -0.127. The van der Waals surface area contributed by atoms with Gasteiger partial charge in [-0.25, -0.2) is 0 Å². The van der Waals surface area contributed by atoms with Crippen LogP contribution in [0.3, 0.4) is 0 Å². The van der Waals surface area contributed by atoms with Crippen molar-refractivity contribution in [3.63, 3.8) is 0 Å². The summed E-state index contributed by atoms with van der Waals surface area (Å²) in [6, 6.07) is 14.2. The second-order valence-electron chi connectivity index (χ2n) is 5.63. The van der Waals surface area contributed by atoms with Crippen molar-refractivity contribution in [2.75, 3.05) is 24.1 Å². The van der Waals surface area contributed by atoms with E-state index in [9.17, 15) is 4.79 Å². The molecule has 1 aliphatic heterocycles. The van der Waals surface area contributed by atoms with E-state index in [-0.39, 0.29) is 5.78 Å². The van der Waals surface area contributed by atoms with E-state index in [1.807, 2.05) is 23.1 Å². The number of carbonyl (C=O) groups excluding carboxylic acids is 1. The predicted octanol–water partition coefficient (Wildman–Crippen LogP) is 3.01. The molecule has 0 spiro atoms. The van der Waals surface area contributed by atoms with Gasteiger partial charge in [0.2, 0.25) is 0 Å². The maximum atomic E-state index is 11.1. The fourth-order valence-electron chi connectivity index (χ4n) is 2.39. The van der Waals surface area contributed by atoms with Crippen LogP contribution in [0.25, 0.3) is 11.1 Å². The number of nitrogens with one attached hydrogen (secondary N) is 1. The normalized spacial score (nSPS) is 13.7. The van der Waals surface area contributed by atoms with Gasteiger partial charge in [0.1, 0.15) is 0 Å². The molecule has 0 saturated carbocycles. The minimum absolute atomic E-state index is 0.226. The third-order valence-corrected chi connectivity index (χ3v) is 3.83. The average Bonchev–Trinajstić information content (AvgIpc) is 2.47. The largest absolute Gasteiger partial charge is 0.397 e. The Hall–Kier alpha value is -2.75. The van der Waals surface area contributed by atoms with Gasteiger partial charge in [0.15, 0.2) is 5.78 Å². The molecule has 2 aromatic rings. The number of Topliss-reactive ketones (excluding diaryl/α,β-unsaturated/α-hetero) is 1. The van der Waals surface area contributed by atoms with Crippen molar-refractivity contribution in [1.29, 1.82) is 0 Å². The summed E-state index contributed by atoms with van der Waals surface area (Å²) in [7, 11) is 0. The number of hydrogen-bond acceptors (Lipinski definition) is 4. The van der Waals surface area contributed by atoms with Crippen LogP contribution in [0.1, 0.15) is 5.56 Å². The van der Waals surface area contributed by atoms with Gasteiger partial charge < -0.3 is 16.0 Å². The first-order valence-electron chi connectivity index (χ1n) is 7.22. The Kier molecular flexibility index (Phi) is 3.59. The fourth-order valence-corrected chi connectivity index (χ4v) is 2.39. The minimum Gasteiger partial charge on any atom is -0.397 e. The predicted molar refractivity (Wildman–Crippen MR) is 90.4 cm³/mol. The van der Waals surface area contributed by atoms with E-state index in [1.54, 1.807) is 0 Å². The van der Waals surface area contributed by atoms with E-state index in [4.69, 9.17) is 5.73 Å². The van der Waals surface area contributed by atoms with Gasteiger partial charge in [-0.05, 0) is 30.2 Å². The van der Waals surface area contributed by atoms with Gasteiger partial charge in [0, 0.05) is 0 Å². The molecule has 0 atom stereocenters. The Morgan fingerprint density at radius 3 is 2.41 bits per heavy atom. The standard InChI is InChI=1S/C18H19N3O/c1-12-3-5-14(6-4-12)15-7-8-17(19)18(9-15)20-13(2)21-10-16(22)11-21/h3-9,20H,2,10-11,19H2,1H3.